The highest BCUT2D eigenvalue weighted by Gasteiger charge is 2.39. The number of nitrogens with zero attached hydrogens (tertiary/aromatic N) is 2. The molecule has 0 aliphatic heterocycles. The summed E-state index contributed by atoms with van der Waals surface area (Å²) in [4.78, 5) is 12.6. The fourth-order valence-electron chi connectivity index (χ4n) is 5.26. The van der Waals surface area contributed by atoms with Gasteiger partial charge in [-0.25, -0.2) is 0 Å². The van der Waals surface area contributed by atoms with Crippen LogP contribution in [0.2, 0.25) is 0 Å². The summed E-state index contributed by atoms with van der Waals surface area (Å²) in [6, 6.07) is 16.1. The van der Waals surface area contributed by atoms with Gasteiger partial charge in [0.05, 0.1) is 0 Å². The zero-order valence-corrected chi connectivity index (χ0v) is 20.3. The van der Waals surface area contributed by atoms with E-state index in [0.717, 1.165) is 21.0 Å². The maximum Gasteiger partial charge on any atom is 0.256 e. The van der Waals surface area contributed by atoms with E-state index in [0.29, 0.717) is 23.2 Å². The zero-order chi connectivity index (χ0) is 23.3. The molecule has 2 bridgehead atoms. The summed E-state index contributed by atoms with van der Waals surface area (Å²) in [6.45, 7) is 11.6. The molecule has 0 N–H and O–H groups in total. The lowest BCUT2D eigenvalue weighted by Gasteiger charge is -2.43. The average Bonchev–Trinajstić information content (AvgIpc) is 3.33. The van der Waals surface area contributed by atoms with Gasteiger partial charge in [-0.15, -0.1) is 0 Å². The molecule has 4 heteroatoms. The summed E-state index contributed by atoms with van der Waals surface area (Å²) < 4.78 is 1.08. The van der Waals surface area contributed by atoms with Crippen molar-refractivity contribution in [3.63, 3.8) is 0 Å². The normalized spacial score (nSPS) is 20.5. The van der Waals surface area contributed by atoms with Crippen LogP contribution in [0, 0.1) is 22.0 Å². The molecule has 2 saturated carbocycles. The van der Waals surface area contributed by atoms with Crippen LogP contribution in [0.5, 0.6) is 0 Å². The van der Waals surface area contributed by atoms with E-state index in [1.165, 1.54) is 31.3 Å². The summed E-state index contributed by atoms with van der Waals surface area (Å²) in [6.07, 6.45) is 5.10. The number of fused-ring (bicyclic) bond motifs is 2. The molecule has 4 rings (SSSR count). The van der Waals surface area contributed by atoms with Gasteiger partial charge in [0.1, 0.15) is 0 Å². The van der Waals surface area contributed by atoms with Gasteiger partial charge in [0, 0.05) is 53.8 Å². The highest BCUT2D eigenvalue weighted by atomic mass is 16.5. The minimum absolute atomic E-state index is 0.472. The maximum atomic E-state index is 12.6. The molecule has 0 radical (unpaired) electrons. The molecule has 170 valence electrons. The minimum Gasteiger partial charge on any atom is -0.758 e. The highest BCUT2D eigenvalue weighted by Crippen LogP contribution is 2.53. The minimum atomic E-state index is -0.472. The lowest BCUT2D eigenvalue weighted by Crippen LogP contribution is -2.36. The molecule has 2 fully saturated rings. The lowest BCUT2D eigenvalue weighted by molar-refractivity contribution is -0.540. The van der Waals surface area contributed by atoms with Crippen molar-refractivity contribution in [2.24, 2.45) is 11.8 Å². The number of hydrogen-bond donors (Lipinski definition) is 0. The van der Waals surface area contributed by atoms with E-state index >= 15 is 0 Å². The Labute approximate surface area is 192 Å². The van der Waals surface area contributed by atoms with Gasteiger partial charge in [-0.2, -0.15) is 0 Å². The van der Waals surface area contributed by atoms with Crippen molar-refractivity contribution in [2.75, 3.05) is 5.06 Å². The van der Waals surface area contributed by atoms with Gasteiger partial charge < -0.3 is 10.3 Å². The van der Waals surface area contributed by atoms with Gasteiger partial charge in [-0.3, -0.25) is 0 Å². The van der Waals surface area contributed by atoms with Crippen LogP contribution in [0.15, 0.2) is 54.1 Å². The molecule has 0 heterocycles. The van der Waals surface area contributed by atoms with Crippen LogP contribution in [-0.4, -0.2) is 15.8 Å². The first-order valence-electron chi connectivity index (χ1n) is 11.9. The average molecular weight is 433 g/mol. The summed E-state index contributed by atoms with van der Waals surface area (Å²) in [5.41, 5.74) is 5.62. The summed E-state index contributed by atoms with van der Waals surface area (Å²) >= 11 is 0. The van der Waals surface area contributed by atoms with E-state index in [4.69, 9.17) is 0 Å². The molecule has 32 heavy (non-hydrogen) atoms. The standard InChI is InChI=1S/C28H36N2O2/c1-27(2,3)29(31)23-15-11-21(12-16-23)26(25-19-7-8-20(25)10-9-19)22-13-17-24(18-14-22)30(32)28(4,5)6/h11-20H,7-10H2,1-6H3. The van der Waals surface area contributed by atoms with E-state index in [1.807, 2.05) is 65.8 Å². The van der Waals surface area contributed by atoms with Crippen LogP contribution in [0.4, 0.5) is 11.4 Å². The molecule has 0 unspecified atom stereocenters. The second kappa shape index (κ2) is 8.15. The number of anilines is 1. The molecule has 2 aromatic carbocycles. The van der Waals surface area contributed by atoms with Gasteiger partial charge in [0.2, 0.25) is 5.54 Å². The van der Waals surface area contributed by atoms with Gasteiger partial charge in [-0.05, 0) is 99.3 Å². The fraction of sp³-hybridized carbons (Fsp3) is 0.500. The van der Waals surface area contributed by atoms with Crippen molar-refractivity contribution >= 4 is 16.9 Å². The van der Waals surface area contributed by atoms with E-state index in [1.54, 1.807) is 5.57 Å². The Bertz CT molecular complexity index is 999. The molecule has 2 aliphatic rings. The third-order valence-electron chi connectivity index (χ3n) is 6.90. The van der Waals surface area contributed by atoms with E-state index < -0.39 is 11.1 Å². The second-order valence-corrected chi connectivity index (χ2v) is 11.4. The van der Waals surface area contributed by atoms with E-state index in [-0.39, 0.29) is 0 Å². The Balaban J connectivity index is 1.76. The SMILES string of the molecule is CC(C)(C)N([O-])c1ccc(C(=C2C3CCC2CC3)c2ccc([N+](=O)C(C)(C)C)cc2)cc1. The molecule has 0 atom stereocenters. The monoisotopic (exact) mass is 432 g/mol. The lowest BCUT2D eigenvalue weighted by atomic mass is 9.88. The van der Waals surface area contributed by atoms with Crippen LogP contribution in [0.3, 0.4) is 0 Å². The van der Waals surface area contributed by atoms with Crippen molar-refractivity contribution < 1.29 is 4.76 Å². The topological polar surface area (TPSA) is 46.4 Å². The first-order valence-corrected chi connectivity index (χ1v) is 11.9. The first kappa shape index (κ1) is 22.7. The molecule has 2 aliphatic carbocycles. The van der Waals surface area contributed by atoms with Crippen LogP contribution in [-0.2, 0) is 0 Å². The van der Waals surface area contributed by atoms with Gasteiger partial charge in [0.15, 0.2) is 0 Å². The van der Waals surface area contributed by atoms with Gasteiger partial charge in [0.25, 0.3) is 5.69 Å². The van der Waals surface area contributed by atoms with Gasteiger partial charge >= 0.3 is 0 Å². The smallest absolute Gasteiger partial charge is 0.256 e. The Morgan fingerprint density at radius 2 is 1.25 bits per heavy atom. The predicted octanol–water partition coefficient (Wildman–Crippen LogP) is 7.62. The number of allylic oxidation sites excluding steroid dienone is 1. The van der Waals surface area contributed by atoms with Crippen molar-refractivity contribution in [1.29, 1.82) is 0 Å². The number of hydroxylamine groups is 1. The highest BCUT2D eigenvalue weighted by molar-refractivity contribution is 5.84. The third-order valence-corrected chi connectivity index (χ3v) is 6.90. The second-order valence-electron chi connectivity index (χ2n) is 11.4. The molecule has 0 spiro atoms. The van der Waals surface area contributed by atoms with Gasteiger partial charge in [-0.1, -0.05) is 17.7 Å². The van der Waals surface area contributed by atoms with Crippen molar-refractivity contribution in [1.82, 2.24) is 0 Å². The summed E-state index contributed by atoms with van der Waals surface area (Å²) in [5.74, 6) is 1.32. The Kier molecular flexibility index (Phi) is 5.79. The predicted molar refractivity (Wildman–Crippen MR) is 133 cm³/mol. The molecule has 4 nitrogen and oxygen atoms in total. The van der Waals surface area contributed by atoms with Crippen LogP contribution < -0.4 is 5.06 Å². The fourth-order valence-corrected chi connectivity index (χ4v) is 5.26. The molecular weight excluding hydrogens is 396 g/mol. The molecule has 2 aromatic rings. The largest absolute Gasteiger partial charge is 0.758 e. The third kappa shape index (κ3) is 4.25. The molecule has 0 amide bonds. The Hall–Kier alpha value is -2.46. The van der Waals surface area contributed by atoms with E-state index in [2.05, 4.69) is 24.3 Å². The maximum absolute atomic E-state index is 12.6. The first-order chi connectivity index (χ1) is 15.0. The Morgan fingerprint density at radius 1 is 0.812 bits per heavy atom. The van der Waals surface area contributed by atoms with Crippen molar-refractivity contribution in [3.8, 4) is 0 Å². The zero-order valence-electron chi connectivity index (χ0n) is 20.3. The van der Waals surface area contributed by atoms with E-state index in [9.17, 15) is 10.1 Å². The van der Waals surface area contributed by atoms with Crippen molar-refractivity contribution in [3.05, 3.63) is 75.3 Å². The Morgan fingerprint density at radius 3 is 1.66 bits per heavy atom. The van der Waals surface area contributed by atoms with Crippen molar-refractivity contribution in [2.45, 2.75) is 78.3 Å². The van der Waals surface area contributed by atoms with Crippen LogP contribution >= 0.6 is 0 Å². The summed E-state index contributed by atoms with van der Waals surface area (Å²) in [7, 11) is 0. The van der Waals surface area contributed by atoms with Crippen LogP contribution in [0.25, 0.3) is 5.57 Å². The quantitative estimate of drug-likeness (QED) is 0.369. The number of nitroso groups, excluding NO2 is 1. The molecular formula is C28H36N2O2. The molecule has 0 saturated heterocycles. The number of hydrogen-bond acceptors (Lipinski definition) is 3. The number of benzene rings is 2. The summed E-state index contributed by atoms with van der Waals surface area (Å²) in [5, 5.41) is 13.7. The van der Waals surface area contributed by atoms with Crippen LogP contribution in [0.1, 0.15) is 78.4 Å². The molecule has 0 aromatic heterocycles. The number of rotatable bonds is 4.